The molecule has 0 saturated carbocycles. The first-order valence-corrected chi connectivity index (χ1v) is 12.3. The maximum atomic E-state index is 12.6. The molecule has 5 aromatic rings. The maximum Gasteiger partial charge on any atom is 0.226 e. The van der Waals surface area contributed by atoms with Crippen LogP contribution in [0.4, 0.5) is 0 Å². The Morgan fingerprint density at radius 1 is 0.912 bits per heavy atom. The highest BCUT2D eigenvalue weighted by Gasteiger charge is 2.13. The summed E-state index contributed by atoms with van der Waals surface area (Å²) >= 11 is 3.08. The molecule has 0 aliphatic heterocycles. The van der Waals surface area contributed by atoms with Crippen molar-refractivity contribution in [2.75, 3.05) is 14.2 Å². The van der Waals surface area contributed by atoms with Gasteiger partial charge in [-0.2, -0.15) is 0 Å². The number of hydrogen-bond donors (Lipinski definition) is 1. The molecule has 0 spiro atoms. The average Bonchev–Trinajstić information content (AvgIpc) is 3.60. The van der Waals surface area contributed by atoms with Crippen molar-refractivity contribution in [1.29, 1.82) is 0 Å². The number of aromatic nitrogens is 3. The smallest absolute Gasteiger partial charge is 0.226 e. The van der Waals surface area contributed by atoms with Gasteiger partial charge >= 0.3 is 0 Å². The standard InChI is InChI=1S/C25H22N4O3S2/c1-31-20-7-3-16(4-8-20)22-13-29-19(15-34-25(29)28-22)11-23(30)26-12-18-14-33-24(27-18)17-5-9-21(32-2)10-6-17/h3-10,13-15H,11-12H2,1-2H3,(H,26,30). The number of carbonyl (C=O) groups is 1. The third-order valence-electron chi connectivity index (χ3n) is 5.37. The zero-order valence-corrected chi connectivity index (χ0v) is 20.3. The number of hydrogen-bond acceptors (Lipinski definition) is 7. The summed E-state index contributed by atoms with van der Waals surface area (Å²) in [6, 6.07) is 15.6. The number of rotatable bonds is 8. The number of methoxy groups -OCH3 is 2. The minimum Gasteiger partial charge on any atom is -0.497 e. The van der Waals surface area contributed by atoms with E-state index in [1.807, 2.05) is 69.9 Å². The molecule has 5 rings (SSSR count). The Morgan fingerprint density at radius 3 is 2.26 bits per heavy atom. The molecule has 0 bridgehead atoms. The van der Waals surface area contributed by atoms with Gasteiger partial charge in [-0.05, 0) is 48.5 Å². The van der Waals surface area contributed by atoms with Crippen LogP contribution in [0.15, 0.2) is 65.5 Å². The fourth-order valence-corrected chi connectivity index (χ4v) is 5.23. The zero-order valence-electron chi connectivity index (χ0n) is 18.6. The van der Waals surface area contributed by atoms with E-state index in [0.717, 1.165) is 49.7 Å². The van der Waals surface area contributed by atoms with Crippen LogP contribution in [0.5, 0.6) is 11.5 Å². The van der Waals surface area contributed by atoms with Crippen LogP contribution in [0.1, 0.15) is 11.4 Å². The average molecular weight is 491 g/mol. The van der Waals surface area contributed by atoms with Crippen LogP contribution < -0.4 is 14.8 Å². The van der Waals surface area contributed by atoms with Gasteiger partial charge in [0, 0.05) is 33.8 Å². The molecule has 0 aliphatic carbocycles. The summed E-state index contributed by atoms with van der Waals surface area (Å²) in [5.74, 6) is 1.56. The van der Waals surface area contributed by atoms with E-state index in [9.17, 15) is 4.79 Å². The number of ether oxygens (including phenoxy) is 2. The van der Waals surface area contributed by atoms with Gasteiger partial charge < -0.3 is 14.8 Å². The van der Waals surface area contributed by atoms with Gasteiger partial charge in [0.25, 0.3) is 0 Å². The van der Waals surface area contributed by atoms with Crippen molar-refractivity contribution in [3.63, 3.8) is 0 Å². The first-order valence-electron chi connectivity index (χ1n) is 10.6. The van der Waals surface area contributed by atoms with Crippen LogP contribution >= 0.6 is 22.7 Å². The van der Waals surface area contributed by atoms with E-state index >= 15 is 0 Å². The molecule has 7 nitrogen and oxygen atoms in total. The lowest BCUT2D eigenvalue weighted by atomic mass is 10.2. The second kappa shape index (κ2) is 9.66. The molecule has 0 radical (unpaired) electrons. The zero-order chi connectivity index (χ0) is 23.5. The van der Waals surface area contributed by atoms with Crippen molar-refractivity contribution in [2.24, 2.45) is 0 Å². The second-order valence-electron chi connectivity index (χ2n) is 7.56. The van der Waals surface area contributed by atoms with Crippen LogP contribution in [-0.2, 0) is 17.8 Å². The van der Waals surface area contributed by atoms with E-state index in [-0.39, 0.29) is 12.3 Å². The topological polar surface area (TPSA) is 77.8 Å². The summed E-state index contributed by atoms with van der Waals surface area (Å²) in [6.07, 6.45) is 2.24. The fraction of sp³-hybridized carbons (Fsp3) is 0.160. The first-order chi connectivity index (χ1) is 16.6. The number of nitrogens with zero attached hydrogens (tertiary/aromatic N) is 3. The van der Waals surface area contributed by atoms with E-state index in [2.05, 4.69) is 10.3 Å². The number of imidazole rings is 1. The van der Waals surface area contributed by atoms with Crippen molar-refractivity contribution in [1.82, 2.24) is 19.7 Å². The Hall–Kier alpha value is -3.69. The van der Waals surface area contributed by atoms with Crippen LogP contribution in [0.25, 0.3) is 26.8 Å². The summed E-state index contributed by atoms with van der Waals surface area (Å²) < 4.78 is 12.4. The van der Waals surface area contributed by atoms with Gasteiger partial charge in [-0.3, -0.25) is 9.20 Å². The summed E-state index contributed by atoms with van der Waals surface area (Å²) in [6.45, 7) is 0.389. The number of amides is 1. The molecule has 172 valence electrons. The largest absolute Gasteiger partial charge is 0.497 e. The van der Waals surface area contributed by atoms with Crippen molar-refractivity contribution in [3.05, 3.63) is 76.9 Å². The number of benzene rings is 2. The lowest BCUT2D eigenvalue weighted by Crippen LogP contribution is -2.25. The van der Waals surface area contributed by atoms with Gasteiger partial charge in [-0.15, -0.1) is 22.7 Å². The number of thiazole rings is 2. The van der Waals surface area contributed by atoms with E-state index < -0.39 is 0 Å². The molecule has 0 aliphatic rings. The summed E-state index contributed by atoms with van der Waals surface area (Å²) in [7, 11) is 3.29. The van der Waals surface area contributed by atoms with Crippen LogP contribution in [0, 0.1) is 0 Å². The summed E-state index contributed by atoms with van der Waals surface area (Å²) in [5.41, 5.74) is 4.64. The van der Waals surface area contributed by atoms with E-state index in [4.69, 9.17) is 14.5 Å². The molecule has 0 saturated heterocycles. The van der Waals surface area contributed by atoms with Crippen molar-refractivity contribution >= 4 is 33.5 Å². The number of nitrogens with one attached hydrogen (secondary N) is 1. The van der Waals surface area contributed by atoms with E-state index in [0.29, 0.717) is 6.54 Å². The molecule has 1 amide bonds. The van der Waals surface area contributed by atoms with E-state index in [1.54, 1.807) is 25.6 Å². The molecular formula is C25H22N4O3S2. The Morgan fingerprint density at radius 2 is 1.59 bits per heavy atom. The van der Waals surface area contributed by atoms with Crippen LogP contribution in [0.3, 0.4) is 0 Å². The summed E-state index contributed by atoms with van der Waals surface area (Å²) in [4.78, 5) is 22.8. The van der Waals surface area contributed by atoms with Gasteiger partial charge in [-0.1, -0.05) is 0 Å². The number of fused-ring (bicyclic) bond motifs is 1. The molecule has 0 atom stereocenters. The van der Waals surface area contributed by atoms with Gasteiger partial charge in [0.05, 0.1) is 38.6 Å². The number of carbonyl (C=O) groups excluding carboxylic acids is 1. The molecular weight excluding hydrogens is 468 g/mol. The Bertz CT molecular complexity index is 1420. The minimum absolute atomic E-state index is 0.0570. The van der Waals surface area contributed by atoms with Gasteiger partial charge in [-0.25, -0.2) is 9.97 Å². The molecule has 1 N–H and O–H groups in total. The molecule has 3 aromatic heterocycles. The molecule has 0 fully saturated rings. The predicted octanol–water partition coefficient (Wildman–Crippen LogP) is 5.06. The second-order valence-corrected chi connectivity index (χ2v) is 9.25. The molecule has 0 unspecified atom stereocenters. The third-order valence-corrected chi connectivity index (χ3v) is 7.20. The lowest BCUT2D eigenvalue weighted by Gasteiger charge is -2.03. The van der Waals surface area contributed by atoms with Crippen LogP contribution in [0.2, 0.25) is 0 Å². The highest BCUT2D eigenvalue weighted by Crippen LogP contribution is 2.27. The molecule has 3 heterocycles. The maximum absolute atomic E-state index is 12.6. The Kier molecular flexibility index (Phi) is 6.29. The molecule has 9 heteroatoms. The molecule has 2 aromatic carbocycles. The SMILES string of the molecule is COc1ccc(-c2cn3c(CC(=O)NCc4csc(-c5ccc(OC)cc5)n4)csc3n2)cc1. The van der Waals surface area contributed by atoms with Crippen molar-refractivity contribution < 1.29 is 14.3 Å². The fourth-order valence-electron chi connectivity index (χ4n) is 3.53. The Balaban J connectivity index is 1.22. The van der Waals surface area contributed by atoms with Crippen molar-refractivity contribution in [2.45, 2.75) is 13.0 Å². The predicted molar refractivity (Wildman–Crippen MR) is 135 cm³/mol. The highest BCUT2D eigenvalue weighted by atomic mass is 32.1. The van der Waals surface area contributed by atoms with Gasteiger partial charge in [0.15, 0.2) is 4.96 Å². The van der Waals surface area contributed by atoms with Crippen LogP contribution in [-0.4, -0.2) is 34.5 Å². The minimum atomic E-state index is -0.0570. The van der Waals surface area contributed by atoms with Gasteiger partial charge in [0.2, 0.25) is 5.91 Å². The monoisotopic (exact) mass is 490 g/mol. The Labute approximate surface area is 204 Å². The third kappa shape index (κ3) is 4.66. The highest BCUT2D eigenvalue weighted by molar-refractivity contribution is 7.15. The quantitative estimate of drug-likeness (QED) is 0.329. The summed E-state index contributed by atoms with van der Waals surface area (Å²) in [5, 5.41) is 7.84. The molecule has 34 heavy (non-hydrogen) atoms. The normalized spacial score (nSPS) is 11.0. The van der Waals surface area contributed by atoms with E-state index in [1.165, 1.54) is 11.3 Å². The lowest BCUT2D eigenvalue weighted by molar-refractivity contribution is -0.120. The van der Waals surface area contributed by atoms with Crippen molar-refractivity contribution in [3.8, 4) is 33.3 Å². The first kappa shape index (κ1) is 22.1. The van der Waals surface area contributed by atoms with Gasteiger partial charge in [0.1, 0.15) is 16.5 Å².